The number of rotatable bonds is 7. The van der Waals surface area contributed by atoms with E-state index in [9.17, 15) is 4.79 Å². The van der Waals surface area contributed by atoms with E-state index in [1.54, 1.807) is 33.5 Å². The fourth-order valence-corrected chi connectivity index (χ4v) is 4.70. The molecule has 0 radical (unpaired) electrons. The van der Waals surface area contributed by atoms with Crippen molar-refractivity contribution in [2.75, 3.05) is 63.9 Å². The molecule has 0 bridgehead atoms. The van der Waals surface area contributed by atoms with Crippen molar-refractivity contribution < 1.29 is 19.0 Å². The first kappa shape index (κ1) is 24.6. The minimum absolute atomic E-state index is 0.0288. The number of carbonyl (C=O) groups is 1. The fraction of sp³-hybridized carbons (Fsp3) is 0.500. The van der Waals surface area contributed by atoms with Crippen molar-refractivity contribution in [1.29, 1.82) is 0 Å². The minimum Gasteiger partial charge on any atom is -0.493 e. The summed E-state index contributed by atoms with van der Waals surface area (Å²) >= 11 is 0. The molecule has 9 nitrogen and oxygen atoms in total. The molecule has 0 N–H and O–H groups in total. The highest BCUT2D eigenvalue weighted by Crippen LogP contribution is 2.38. The van der Waals surface area contributed by atoms with Crippen molar-refractivity contribution in [2.24, 2.45) is 0 Å². The molecule has 2 fully saturated rings. The zero-order chi connectivity index (χ0) is 24.8. The third-order valence-corrected chi connectivity index (χ3v) is 6.75. The number of piperazine rings is 1. The van der Waals surface area contributed by atoms with Gasteiger partial charge >= 0.3 is 0 Å². The molecule has 1 unspecified atom stereocenters. The maximum absolute atomic E-state index is 12.8. The van der Waals surface area contributed by atoms with E-state index in [1.165, 1.54) is 19.3 Å². The van der Waals surface area contributed by atoms with Crippen molar-refractivity contribution in [3.05, 3.63) is 35.9 Å². The van der Waals surface area contributed by atoms with Crippen LogP contribution < -0.4 is 24.0 Å². The average Bonchev–Trinajstić information content (AvgIpc) is 2.91. The maximum Gasteiger partial charge on any atom is 0.246 e. The predicted molar refractivity (Wildman–Crippen MR) is 137 cm³/mol. The normalized spacial score (nSPS) is 18.6. The van der Waals surface area contributed by atoms with Gasteiger partial charge in [0.25, 0.3) is 0 Å². The van der Waals surface area contributed by atoms with Gasteiger partial charge in [-0.1, -0.05) is 0 Å². The highest BCUT2D eigenvalue weighted by molar-refractivity contribution is 5.92. The van der Waals surface area contributed by atoms with Gasteiger partial charge in [-0.3, -0.25) is 4.79 Å². The molecule has 2 aromatic rings. The van der Waals surface area contributed by atoms with E-state index >= 15 is 0 Å². The number of anilines is 2. The molecule has 0 aliphatic carbocycles. The summed E-state index contributed by atoms with van der Waals surface area (Å²) in [6.07, 6.45) is 7.05. The Morgan fingerprint density at radius 1 is 0.914 bits per heavy atom. The van der Waals surface area contributed by atoms with Gasteiger partial charge in [0, 0.05) is 44.8 Å². The minimum atomic E-state index is -0.0288. The van der Waals surface area contributed by atoms with Crippen LogP contribution in [0.3, 0.4) is 0 Å². The smallest absolute Gasteiger partial charge is 0.246 e. The van der Waals surface area contributed by atoms with Gasteiger partial charge in [0.1, 0.15) is 0 Å². The van der Waals surface area contributed by atoms with Crippen LogP contribution in [0.25, 0.3) is 6.08 Å². The monoisotopic (exact) mass is 481 g/mol. The summed E-state index contributed by atoms with van der Waals surface area (Å²) in [5, 5.41) is 8.99. The molecule has 0 saturated carbocycles. The second kappa shape index (κ2) is 11.3. The van der Waals surface area contributed by atoms with E-state index in [0.29, 0.717) is 36.4 Å². The molecule has 4 rings (SSSR count). The van der Waals surface area contributed by atoms with Crippen LogP contribution in [-0.2, 0) is 4.79 Å². The van der Waals surface area contributed by atoms with Gasteiger partial charge in [-0.15, -0.1) is 10.2 Å². The summed E-state index contributed by atoms with van der Waals surface area (Å²) in [4.78, 5) is 19.2. The number of hydrogen-bond donors (Lipinski definition) is 0. The van der Waals surface area contributed by atoms with Gasteiger partial charge in [-0.2, -0.15) is 0 Å². The van der Waals surface area contributed by atoms with Crippen LogP contribution in [0.5, 0.6) is 17.2 Å². The summed E-state index contributed by atoms with van der Waals surface area (Å²) in [6, 6.07) is 8.26. The first-order chi connectivity index (χ1) is 17.0. The molecule has 188 valence electrons. The topological polar surface area (TPSA) is 80.3 Å². The number of amides is 1. The van der Waals surface area contributed by atoms with Crippen molar-refractivity contribution in [3.8, 4) is 17.2 Å². The summed E-state index contributed by atoms with van der Waals surface area (Å²) in [5.41, 5.74) is 0.796. The standard InChI is InChI=1S/C26H35N5O4/c1-19-7-5-6-12-31(19)24-10-9-23(27-28-24)29-13-15-30(16-14-29)25(32)11-8-20-17-21(33-2)26(35-4)22(18-20)34-3/h8-11,17-19H,5-7,12-16H2,1-4H3/b11-8+. The van der Waals surface area contributed by atoms with Gasteiger partial charge in [0.05, 0.1) is 21.3 Å². The largest absolute Gasteiger partial charge is 0.493 e. The van der Waals surface area contributed by atoms with E-state index in [1.807, 2.05) is 23.1 Å². The third-order valence-electron chi connectivity index (χ3n) is 6.75. The fourth-order valence-electron chi connectivity index (χ4n) is 4.70. The first-order valence-electron chi connectivity index (χ1n) is 12.2. The van der Waals surface area contributed by atoms with Crippen LogP contribution >= 0.6 is 0 Å². The van der Waals surface area contributed by atoms with Gasteiger partial charge in [-0.05, 0) is 62.1 Å². The number of ether oxygens (including phenoxy) is 3. The van der Waals surface area contributed by atoms with Crippen LogP contribution in [0.15, 0.2) is 30.3 Å². The number of carbonyl (C=O) groups excluding carboxylic acids is 1. The van der Waals surface area contributed by atoms with Gasteiger partial charge in [0.2, 0.25) is 11.7 Å². The Kier molecular flexibility index (Phi) is 7.94. The van der Waals surface area contributed by atoms with E-state index in [-0.39, 0.29) is 5.91 Å². The molecule has 2 aliphatic rings. The lowest BCUT2D eigenvalue weighted by Gasteiger charge is -2.36. The average molecular weight is 482 g/mol. The molecule has 2 saturated heterocycles. The van der Waals surface area contributed by atoms with Crippen LogP contribution in [0.2, 0.25) is 0 Å². The summed E-state index contributed by atoms with van der Waals surface area (Å²) in [5.74, 6) is 3.41. The molecule has 9 heteroatoms. The molecule has 35 heavy (non-hydrogen) atoms. The molecule has 1 atom stereocenters. The molecule has 0 spiro atoms. The van der Waals surface area contributed by atoms with Crippen molar-refractivity contribution in [3.63, 3.8) is 0 Å². The Balaban J connectivity index is 1.34. The summed E-state index contributed by atoms with van der Waals surface area (Å²) in [7, 11) is 4.71. The molecule has 1 amide bonds. The SMILES string of the molecule is COc1cc(/C=C/C(=O)N2CCN(c3ccc(N4CCCCC4C)nn3)CC2)cc(OC)c1OC. The molecular formula is C26H35N5O4. The van der Waals surface area contributed by atoms with Crippen molar-refractivity contribution in [2.45, 2.75) is 32.2 Å². The molecular weight excluding hydrogens is 446 g/mol. The summed E-state index contributed by atoms with van der Waals surface area (Å²) < 4.78 is 16.1. The highest BCUT2D eigenvalue weighted by atomic mass is 16.5. The van der Waals surface area contributed by atoms with Crippen LogP contribution in [0.1, 0.15) is 31.7 Å². The molecule has 1 aromatic heterocycles. The second-order valence-corrected chi connectivity index (χ2v) is 8.89. The highest BCUT2D eigenvalue weighted by Gasteiger charge is 2.23. The Hall–Kier alpha value is -3.49. The first-order valence-corrected chi connectivity index (χ1v) is 12.2. The number of benzene rings is 1. The Labute approximate surface area is 207 Å². The number of methoxy groups -OCH3 is 3. The van der Waals surface area contributed by atoms with Gasteiger partial charge in [0.15, 0.2) is 23.1 Å². The van der Waals surface area contributed by atoms with E-state index in [4.69, 9.17) is 14.2 Å². The lowest BCUT2D eigenvalue weighted by Crippen LogP contribution is -2.48. The molecule has 2 aliphatic heterocycles. The second-order valence-electron chi connectivity index (χ2n) is 8.89. The Bertz CT molecular complexity index is 1010. The lowest BCUT2D eigenvalue weighted by atomic mass is 10.0. The van der Waals surface area contributed by atoms with E-state index in [2.05, 4.69) is 33.0 Å². The Morgan fingerprint density at radius 2 is 1.57 bits per heavy atom. The third kappa shape index (κ3) is 5.61. The number of aromatic nitrogens is 2. The van der Waals surface area contributed by atoms with E-state index < -0.39 is 0 Å². The lowest BCUT2D eigenvalue weighted by molar-refractivity contribution is -0.126. The molecule has 3 heterocycles. The Morgan fingerprint density at radius 3 is 2.14 bits per heavy atom. The van der Waals surface area contributed by atoms with Gasteiger partial charge in [-0.25, -0.2) is 0 Å². The van der Waals surface area contributed by atoms with Gasteiger partial charge < -0.3 is 28.9 Å². The van der Waals surface area contributed by atoms with E-state index in [0.717, 1.165) is 36.8 Å². The van der Waals surface area contributed by atoms with Crippen LogP contribution in [-0.4, -0.2) is 81.1 Å². The summed E-state index contributed by atoms with van der Waals surface area (Å²) in [6.45, 7) is 5.99. The number of hydrogen-bond acceptors (Lipinski definition) is 8. The quantitative estimate of drug-likeness (QED) is 0.558. The van der Waals surface area contributed by atoms with Crippen LogP contribution in [0, 0.1) is 0 Å². The molecule has 1 aromatic carbocycles. The zero-order valence-electron chi connectivity index (χ0n) is 21.1. The maximum atomic E-state index is 12.8. The van der Waals surface area contributed by atoms with Crippen molar-refractivity contribution >= 4 is 23.6 Å². The van der Waals surface area contributed by atoms with Crippen LogP contribution in [0.4, 0.5) is 11.6 Å². The zero-order valence-corrected chi connectivity index (χ0v) is 21.1. The number of piperidine rings is 1. The number of nitrogens with zero attached hydrogens (tertiary/aromatic N) is 5. The van der Waals surface area contributed by atoms with Crippen molar-refractivity contribution in [1.82, 2.24) is 15.1 Å². The predicted octanol–water partition coefficient (Wildman–Crippen LogP) is 3.24.